The first kappa shape index (κ1) is 14.2. The summed E-state index contributed by atoms with van der Waals surface area (Å²) in [7, 11) is 4.82. The number of carbonyl (C=O) groups excluding carboxylic acids is 1. The van der Waals surface area contributed by atoms with Crippen molar-refractivity contribution in [2.24, 2.45) is 5.92 Å². The zero-order chi connectivity index (χ0) is 13.7. The Labute approximate surface area is 107 Å². The van der Waals surface area contributed by atoms with Crippen molar-refractivity contribution < 1.29 is 14.3 Å². The molecule has 1 rings (SSSR count). The molecule has 6 heteroatoms. The van der Waals surface area contributed by atoms with Crippen molar-refractivity contribution in [3.05, 3.63) is 11.9 Å². The van der Waals surface area contributed by atoms with E-state index in [0.717, 1.165) is 11.4 Å². The van der Waals surface area contributed by atoms with Crippen LogP contribution in [0.15, 0.2) is 6.33 Å². The SMILES string of the molecule is COC(=O)C(C)CN(C)c1ncnc(OC)c1C. The quantitative estimate of drug-likeness (QED) is 0.730. The Balaban J connectivity index is 2.84. The molecule has 0 amide bonds. The monoisotopic (exact) mass is 253 g/mol. The van der Waals surface area contributed by atoms with Gasteiger partial charge in [0.2, 0.25) is 5.88 Å². The van der Waals surface area contributed by atoms with Crippen molar-refractivity contribution in [1.82, 2.24) is 9.97 Å². The van der Waals surface area contributed by atoms with Gasteiger partial charge < -0.3 is 14.4 Å². The third kappa shape index (κ3) is 3.09. The molecule has 0 aromatic carbocycles. The molecule has 1 aromatic heterocycles. The van der Waals surface area contributed by atoms with Crippen LogP contribution in [0.2, 0.25) is 0 Å². The number of anilines is 1. The van der Waals surface area contributed by atoms with Gasteiger partial charge in [0.25, 0.3) is 0 Å². The van der Waals surface area contributed by atoms with Crippen molar-refractivity contribution in [1.29, 1.82) is 0 Å². The van der Waals surface area contributed by atoms with Crippen LogP contribution in [0.3, 0.4) is 0 Å². The second-order valence-electron chi connectivity index (χ2n) is 4.14. The molecule has 0 fully saturated rings. The van der Waals surface area contributed by atoms with E-state index in [9.17, 15) is 4.79 Å². The molecular weight excluding hydrogens is 234 g/mol. The average Bonchev–Trinajstić information content (AvgIpc) is 2.37. The molecule has 0 saturated heterocycles. The van der Waals surface area contributed by atoms with Gasteiger partial charge >= 0.3 is 5.97 Å². The van der Waals surface area contributed by atoms with Crippen LogP contribution >= 0.6 is 0 Å². The summed E-state index contributed by atoms with van der Waals surface area (Å²) in [6, 6.07) is 0. The maximum absolute atomic E-state index is 11.4. The van der Waals surface area contributed by atoms with Gasteiger partial charge in [0.1, 0.15) is 12.1 Å². The van der Waals surface area contributed by atoms with E-state index in [1.807, 2.05) is 25.8 Å². The fourth-order valence-corrected chi connectivity index (χ4v) is 1.79. The Morgan fingerprint density at radius 2 is 2.11 bits per heavy atom. The van der Waals surface area contributed by atoms with Gasteiger partial charge in [-0.1, -0.05) is 6.92 Å². The highest BCUT2D eigenvalue weighted by molar-refractivity contribution is 5.72. The molecule has 18 heavy (non-hydrogen) atoms. The number of carbonyl (C=O) groups is 1. The predicted molar refractivity (Wildman–Crippen MR) is 67.8 cm³/mol. The van der Waals surface area contributed by atoms with Gasteiger partial charge in [0.05, 0.1) is 25.7 Å². The van der Waals surface area contributed by atoms with Gasteiger partial charge in [-0.15, -0.1) is 0 Å². The third-order valence-electron chi connectivity index (χ3n) is 2.72. The summed E-state index contributed by atoms with van der Waals surface area (Å²) in [5, 5.41) is 0. The second-order valence-corrected chi connectivity index (χ2v) is 4.14. The molecule has 1 heterocycles. The number of methoxy groups -OCH3 is 2. The Hall–Kier alpha value is -1.85. The first-order chi connectivity index (χ1) is 8.51. The molecule has 0 aliphatic heterocycles. The minimum atomic E-state index is -0.236. The van der Waals surface area contributed by atoms with Gasteiger partial charge in [-0.05, 0) is 6.92 Å². The number of esters is 1. The van der Waals surface area contributed by atoms with Crippen molar-refractivity contribution in [3.63, 3.8) is 0 Å². The smallest absolute Gasteiger partial charge is 0.310 e. The van der Waals surface area contributed by atoms with Crippen LogP contribution in [0, 0.1) is 12.8 Å². The van der Waals surface area contributed by atoms with Crippen LogP contribution in [0.4, 0.5) is 5.82 Å². The minimum absolute atomic E-state index is 0.222. The van der Waals surface area contributed by atoms with E-state index >= 15 is 0 Å². The molecular formula is C12H19N3O3. The Morgan fingerprint density at radius 3 is 2.67 bits per heavy atom. The second kappa shape index (κ2) is 6.18. The fourth-order valence-electron chi connectivity index (χ4n) is 1.79. The molecule has 0 aliphatic carbocycles. The van der Waals surface area contributed by atoms with Crippen molar-refractivity contribution in [2.45, 2.75) is 13.8 Å². The molecule has 6 nitrogen and oxygen atoms in total. The summed E-state index contributed by atoms with van der Waals surface area (Å²) in [6.45, 7) is 4.22. The summed E-state index contributed by atoms with van der Waals surface area (Å²) in [4.78, 5) is 21.5. The minimum Gasteiger partial charge on any atom is -0.481 e. The first-order valence-electron chi connectivity index (χ1n) is 5.65. The van der Waals surface area contributed by atoms with Crippen LogP contribution in [-0.2, 0) is 9.53 Å². The van der Waals surface area contributed by atoms with E-state index in [4.69, 9.17) is 9.47 Å². The highest BCUT2D eigenvalue weighted by Crippen LogP contribution is 2.23. The number of hydrogen-bond acceptors (Lipinski definition) is 6. The van der Waals surface area contributed by atoms with E-state index < -0.39 is 0 Å². The van der Waals surface area contributed by atoms with Crippen LogP contribution in [0.25, 0.3) is 0 Å². The number of hydrogen-bond donors (Lipinski definition) is 0. The van der Waals surface area contributed by atoms with Gasteiger partial charge in [-0.3, -0.25) is 4.79 Å². The zero-order valence-corrected chi connectivity index (χ0v) is 11.4. The molecule has 100 valence electrons. The van der Waals surface area contributed by atoms with Gasteiger partial charge in [-0.25, -0.2) is 9.97 Å². The van der Waals surface area contributed by atoms with Crippen LogP contribution < -0.4 is 9.64 Å². The molecule has 1 unspecified atom stereocenters. The normalized spacial score (nSPS) is 11.8. The van der Waals surface area contributed by atoms with Crippen molar-refractivity contribution >= 4 is 11.8 Å². The topological polar surface area (TPSA) is 64.5 Å². The van der Waals surface area contributed by atoms with Crippen LogP contribution in [0.5, 0.6) is 5.88 Å². The molecule has 0 spiro atoms. The van der Waals surface area contributed by atoms with Crippen LogP contribution in [-0.4, -0.2) is 43.7 Å². The summed E-state index contributed by atoms with van der Waals surface area (Å²) in [6.07, 6.45) is 1.44. The highest BCUT2D eigenvalue weighted by Gasteiger charge is 2.18. The molecule has 1 aromatic rings. The lowest BCUT2D eigenvalue weighted by Crippen LogP contribution is -2.30. The van der Waals surface area contributed by atoms with E-state index in [-0.39, 0.29) is 11.9 Å². The standard InChI is InChI=1S/C12H19N3O3/c1-8(12(16)18-5)6-15(3)10-9(2)11(17-4)14-7-13-10/h7-8H,6H2,1-5H3. The fraction of sp³-hybridized carbons (Fsp3) is 0.583. The Bertz CT molecular complexity index is 423. The molecule has 0 radical (unpaired) electrons. The Morgan fingerprint density at radius 1 is 1.44 bits per heavy atom. The maximum Gasteiger partial charge on any atom is 0.310 e. The summed E-state index contributed by atoms with van der Waals surface area (Å²) >= 11 is 0. The van der Waals surface area contributed by atoms with Crippen molar-refractivity contribution in [3.8, 4) is 5.88 Å². The van der Waals surface area contributed by atoms with Gasteiger partial charge in [0.15, 0.2) is 0 Å². The largest absolute Gasteiger partial charge is 0.481 e. The number of rotatable bonds is 5. The molecule has 0 aliphatic rings. The number of ether oxygens (including phenoxy) is 2. The lowest BCUT2D eigenvalue weighted by atomic mass is 10.1. The van der Waals surface area contributed by atoms with Gasteiger partial charge in [0, 0.05) is 13.6 Å². The van der Waals surface area contributed by atoms with Crippen molar-refractivity contribution in [2.75, 3.05) is 32.7 Å². The molecule has 1 atom stereocenters. The van der Waals surface area contributed by atoms with E-state index in [0.29, 0.717) is 12.4 Å². The summed E-state index contributed by atoms with van der Waals surface area (Å²) in [5.74, 6) is 0.830. The van der Waals surface area contributed by atoms with E-state index in [2.05, 4.69) is 9.97 Å². The predicted octanol–water partition coefficient (Wildman–Crippen LogP) is 1.04. The highest BCUT2D eigenvalue weighted by atomic mass is 16.5. The average molecular weight is 253 g/mol. The number of aromatic nitrogens is 2. The Kier molecular flexibility index (Phi) is 4.88. The summed E-state index contributed by atoms with van der Waals surface area (Å²) in [5.41, 5.74) is 0.847. The molecule has 0 N–H and O–H groups in total. The van der Waals surface area contributed by atoms with E-state index in [1.54, 1.807) is 7.11 Å². The lowest BCUT2D eigenvalue weighted by molar-refractivity contribution is -0.144. The maximum atomic E-state index is 11.4. The number of nitrogens with zero attached hydrogens (tertiary/aromatic N) is 3. The lowest BCUT2D eigenvalue weighted by Gasteiger charge is -2.23. The first-order valence-corrected chi connectivity index (χ1v) is 5.65. The molecule has 0 bridgehead atoms. The third-order valence-corrected chi connectivity index (χ3v) is 2.72. The van der Waals surface area contributed by atoms with Gasteiger partial charge in [-0.2, -0.15) is 0 Å². The van der Waals surface area contributed by atoms with Crippen LogP contribution in [0.1, 0.15) is 12.5 Å². The summed E-state index contributed by atoms with van der Waals surface area (Å²) < 4.78 is 9.84. The molecule has 0 saturated carbocycles. The zero-order valence-electron chi connectivity index (χ0n) is 11.4. The van der Waals surface area contributed by atoms with E-state index in [1.165, 1.54) is 13.4 Å².